The molecule has 0 radical (unpaired) electrons. The Morgan fingerprint density at radius 1 is 1.03 bits per heavy atom. The van der Waals surface area contributed by atoms with Gasteiger partial charge in [-0.05, 0) is 50.1 Å². The lowest BCUT2D eigenvalue weighted by Crippen LogP contribution is -2.32. The van der Waals surface area contributed by atoms with E-state index in [1.807, 2.05) is 32.0 Å². The molecule has 0 heterocycles. The highest BCUT2D eigenvalue weighted by atomic mass is 32.2. The Kier molecular flexibility index (Phi) is 9.64. The van der Waals surface area contributed by atoms with Crippen LogP contribution >= 0.6 is 0 Å². The maximum absolute atomic E-state index is 12.3. The zero-order valence-corrected chi connectivity index (χ0v) is 19.9. The van der Waals surface area contributed by atoms with E-state index in [1.54, 1.807) is 24.3 Å². The lowest BCUT2D eigenvalue weighted by atomic mass is 10.2. The van der Waals surface area contributed by atoms with Crippen LogP contribution in [0.4, 0.5) is 5.69 Å². The number of nitrogens with zero attached hydrogens (tertiary/aromatic N) is 1. The van der Waals surface area contributed by atoms with Gasteiger partial charge in [-0.2, -0.15) is 0 Å². The molecule has 0 aliphatic rings. The number of carbonyl (C=O) groups excluding carboxylic acids is 1. The quantitative estimate of drug-likeness (QED) is 0.489. The van der Waals surface area contributed by atoms with Crippen molar-refractivity contribution in [2.75, 3.05) is 37.4 Å². The molecule has 2 aromatic rings. The maximum atomic E-state index is 12.3. The molecular weight excluding hydrogens is 432 g/mol. The van der Waals surface area contributed by atoms with Gasteiger partial charge in [-0.3, -0.25) is 9.10 Å². The number of sulfonamides is 1. The summed E-state index contributed by atoms with van der Waals surface area (Å²) in [5.74, 6) is 1.72. The largest absolute Gasteiger partial charge is 0.497 e. The molecule has 0 unspecified atom stereocenters. The SMILES string of the molecule is CCOc1ccc(CNC(=O)CCCN(c2cccc(OC)c2)S(C)(=O)=O)cc1OCC. The molecule has 0 saturated heterocycles. The molecule has 0 saturated carbocycles. The molecule has 2 rings (SSSR count). The summed E-state index contributed by atoms with van der Waals surface area (Å²) in [6.45, 7) is 5.39. The van der Waals surface area contributed by atoms with Crippen molar-refractivity contribution in [2.45, 2.75) is 33.2 Å². The van der Waals surface area contributed by atoms with E-state index in [1.165, 1.54) is 11.4 Å². The van der Waals surface area contributed by atoms with Crippen LogP contribution in [0.5, 0.6) is 17.2 Å². The van der Waals surface area contributed by atoms with Crippen molar-refractivity contribution < 1.29 is 27.4 Å². The Morgan fingerprint density at radius 2 is 1.75 bits per heavy atom. The number of benzene rings is 2. The van der Waals surface area contributed by atoms with E-state index in [2.05, 4.69) is 5.32 Å². The minimum atomic E-state index is -3.50. The van der Waals surface area contributed by atoms with E-state index in [4.69, 9.17) is 14.2 Å². The van der Waals surface area contributed by atoms with Gasteiger partial charge in [0.1, 0.15) is 5.75 Å². The fourth-order valence-corrected chi connectivity index (χ4v) is 4.09. The van der Waals surface area contributed by atoms with Gasteiger partial charge in [0, 0.05) is 25.6 Å². The van der Waals surface area contributed by atoms with Crippen molar-refractivity contribution in [3.05, 3.63) is 48.0 Å². The molecule has 0 aromatic heterocycles. The second kappa shape index (κ2) is 12.2. The molecule has 0 fully saturated rings. The molecule has 1 N–H and O–H groups in total. The molecule has 1 amide bonds. The van der Waals surface area contributed by atoms with E-state index < -0.39 is 10.0 Å². The summed E-state index contributed by atoms with van der Waals surface area (Å²) in [6.07, 6.45) is 1.73. The van der Waals surface area contributed by atoms with E-state index in [-0.39, 0.29) is 18.9 Å². The van der Waals surface area contributed by atoms with E-state index >= 15 is 0 Å². The maximum Gasteiger partial charge on any atom is 0.232 e. The Morgan fingerprint density at radius 3 is 2.41 bits per heavy atom. The summed E-state index contributed by atoms with van der Waals surface area (Å²) < 4.78 is 42.1. The van der Waals surface area contributed by atoms with Crippen molar-refractivity contribution in [1.82, 2.24) is 5.32 Å². The average molecular weight is 465 g/mol. The van der Waals surface area contributed by atoms with Crippen LogP contribution in [0, 0.1) is 0 Å². The first-order valence-corrected chi connectivity index (χ1v) is 12.4. The number of anilines is 1. The first kappa shape index (κ1) is 25.3. The standard InChI is InChI=1S/C23H32N2O6S/c1-5-30-21-13-12-18(15-22(21)31-6-2)17-24-23(26)11-8-14-25(32(4,27)28)19-9-7-10-20(16-19)29-3/h7,9-10,12-13,15-16H,5-6,8,11,14,17H2,1-4H3,(H,24,26). The van der Waals surface area contributed by atoms with Crippen molar-refractivity contribution in [2.24, 2.45) is 0 Å². The number of carbonyl (C=O) groups is 1. The van der Waals surface area contributed by atoms with Gasteiger partial charge in [-0.25, -0.2) is 8.42 Å². The summed E-state index contributed by atoms with van der Waals surface area (Å²) in [5.41, 5.74) is 1.39. The Hall–Kier alpha value is -2.94. The highest BCUT2D eigenvalue weighted by Gasteiger charge is 2.18. The molecule has 8 nitrogen and oxygen atoms in total. The molecule has 0 spiro atoms. The molecule has 2 aromatic carbocycles. The average Bonchev–Trinajstić information content (AvgIpc) is 2.76. The fourth-order valence-electron chi connectivity index (χ4n) is 3.13. The van der Waals surface area contributed by atoms with Crippen molar-refractivity contribution in [3.8, 4) is 17.2 Å². The number of amides is 1. The molecule has 0 atom stereocenters. The normalized spacial score (nSPS) is 11.0. The smallest absolute Gasteiger partial charge is 0.232 e. The van der Waals surface area contributed by atoms with Crippen LogP contribution in [0.2, 0.25) is 0 Å². The summed E-state index contributed by atoms with van der Waals surface area (Å²) in [7, 11) is -1.97. The Labute approximate surface area is 190 Å². The number of ether oxygens (including phenoxy) is 3. The van der Waals surface area contributed by atoms with Gasteiger partial charge in [-0.15, -0.1) is 0 Å². The predicted octanol–water partition coefficient (Wildman–Crippen LogP) is 3.36. The van der Waals surface area contributed by atoms with E-state index in [0.29, 0.717) is 49.1 Å². The number of hydrogen-bond donors (Lipinski definition) is 1. The minimum absolute atomic E-state index is 0.157. The van der Waals surface area contributed by atoms with Crippen LogP contribution in [0.3, 0.4) is 0 Å². The number of nitrogens with one attached hydrogen (secondary N) is 1. The number of hydrogen-bond acceptors (Lipinski definition) is 6. The molecular formula is C23H32N2O6S. The summed E-state index contributed by atoms with van der Waals surface area (Å²) >= 11 is 0. The van der Waals surface area contributed by atoms with Crippen LogP contribution < -0.4 is 23.8 Å². The molecule has 0 aliphatic heterocycles. The predicted molar refractivity (Wildman–Crippen MR) is 125 cm³/mol. The van der Waals surface area contributed by atoms with Gasteiger partial charge in [0.05, 0.1) is 32.3 Å². The van der Waals surface area contributed by atoms with Crippen LogP contribution in [0.25, 0.3) is 0 Å². The van der Waals surface area contributed by atoms with Crippen molar-refractivity contribution in [3.63, 3.8) is 0 Å². The fraction of sp³-hybridized carbons (Fsp3) is 0.435. The van der Waals surface area contributed by atoms with Gasteiger partial charge in [0.2, 0.25) is 15.9 Å². The third-order valence-corrected chi connectivity index (χ3v) is 5.80. The van der Waals surface area contributed by atoms with Gasteiger partial charge in [-0.1, -0.05) is 12.1 Å². The summed E-state index contributed by atoms with van der Waals surface area (Å²) in [5, 5.41) is 2.87. The van der Waals surface area contributed by atoms with Gasteiger partial charge in [0.25, 0.3) is 0 Å². The molecule has 9 heteroatoms. The van der Waals surface area contributed by atoms with E-state index in [0.717, 1.165) is 11.8 Å². The Balaban J connectivity index is 1.92. The monoisotopic (exact) mass is 464 g/mol. The molecule has 0 aliphatic carbocycles. The number of rotatable bonds is 13. The minimum Gasteiger partial charge on any atom is -0.497 e. The van der Waals surface area contributed by atoms with Crippen LogP contribution in [-0.2, 0) is 21.4 Å². The lowest BCUT2D eigenvalue weighted by Gasteiger charge is -2.22. The second-order valence-electron chi connectivity index (χ2n) is 7.06. The van der Waals surface area contributed by atoms with Crippen LogP contribution in [-0.4, -0.2) is 47.4 Å². The third kappa shape index (κ3) is 7.64. The highest BCUT2D eigenvalue weighted by Crippen LogP contribution is 2.28. The number of methoxy groups -OCH3 is 1. The zero-order valence-electron chi connectivity index (χ0n) is 19.1. The van der Waals surface area contributed by atoms with Crippen LogP contribution in [0.1, 0.15) is 32.3 Å². The zero-order chi connectivity index (χ0) is 23.6. The third-order valence-electron chi connectivity index (χ3n) is 4.60. The molecule has 0 bridgehead atoms. The van der Waals surface area contributed by atoms with Gasteiger partial charge >= 0.3 is 0 Å². The highest BCUT2D eigenvalue weighted by molar-refractivity contribution is 7.92. The van der Waals surface area contributed by atoms with Gasteiger partial charge < -0.3 is 19.5 Å². The Bertz CT molecular complexity index is 994. The second-order valence-corrected chi connectivity index (χ2v) is 8.97. The summed E-state index contributed by atoms with van der Waals surface area (Å²) in [6, 6.07) is 12.4. The summed E-state index contributed by atoms with van der Waals surface area (Å²) in [4.78, 5) is 12.3. The van der Waals surface area contributed by atoms with E-state index in [9.17, 15) is 13.2 Å². The van der Waals surface area contributed by atoms with Crippen LogP contribution in [0.15, 0.2) is 42.5 Å². The lowest BCUT2D eigenvalue weighted by molar-refractivity contribution is -0.121. The topological polar surface area (TPSA) is 94.2 Å². The molecule has 32 heavy (non-hydrogen) atoms. The van der Waals surface area contributed by atoms with Gasteiger partial charge in [0.15, 0.2) is 11.5 Å². The molecule has 176 valence electrons. The van der Waals surface area contributed by atoms with Crippen molar-refractivity contribution in [1.29, 1.82) is 0 Å². The first-order valence-electron chi connectivity index (χ1n) is 10.6. The first-order chi connectivity index (χ1) is 15.3. The van der Waals surface area contributed by atoms with Crippen molar-refractivity contribution >= 4 is 21.6 Å².